The maximum Gasteiger partial charge on any atom is 0.509 e. The first-order valence-corrected chi connectivity index (χ1v) is 12.7. The summed E-state index contributed by atoms with van der Waals surface area (Å²) in [7, 11) is -1.15. The Hall–Kier alpha value is -1.86. The van der Waals surface area contributed by atoms with Crippen LogP contribution in [0, 0.1) is 0 Å². The lowest BCUT2D eigenvalue weighted by molar-refractivity contribution is -0.0919. The molecule has 1 aromatic heterocycles. The fourth-order valence-corrected chi connectivity index (χ4v) is 4.01. The van der Waals surface area contributed by atoms with Crippen LogP contribution in [0.15, 0.2) is 30.0 Å². The summed E-state index contributed by atoms with van der Waals surface area (Å²) in [5.41, 5.74) is 0.294. The molecule has 0 radical (unpaired) electrons. The van der Waals surface area contributed by atoms with Crippen LogP contribution in [0.5, 0.6) is 0 Å². The number of ether oxygens (including phenoxy) is 3. The van der Waals surface area contributed by atoms with Crippen LogP contribution < -0.4 is 0 Å². The molecule has 0 unspecified atom stereocenters. The highest BCUT2D eigenvalue weighted by Crippen LogP contribution is 2.39. The zero-order valence-electron chi connectivity index (χ0n) is 15.9. The molecule has 0 saturated carbocycles. The van der Waals surface area contributed by atoms with Gasteiger partial charge in [0.2, 0.25) is 5.78 Å². The average molecular weight is 378 g/mol. The van der Waals surface area contributed by atoms with E-state index >= 15 is 0 Å². The van der Waals surface area contributed by atoms with Crippen LogP contribution in [0.25, 0.3) is 0 Å². The zero-order chi connectivity index (χ0) is 18.9. The first-order chi connectivity index (χ1) is 12.2. The van der Waals surface area contributed by atoms with Gasteiger partial charge in [-0.2, -0.15) is 0 Å². The van der Waals surface area contributed by atoms with Crippen molar-refractivity contribution in [1.29, 1.82) is 0 Å². The lowest BCUT2D eigenvalue weighted by Gasteiger charge is -2.41. The third-order valence-corrected chi connectivity index (χ3v) is 6.70. The van der Waals surface area contributed by atoms with Crippen LogP contribution in [0.2, 0.25) is 25.7 Å². The van der Waals surface area contributed by atoms with Crippen molar-refractivity contribution in [3.8, 4) is 0 Å². The summed E-state index contributed by atoms with van der Waals surface area (Å²) in [6.45, 7) is 9.81. The van der Waals surface area contributed by atoms with E-state index in [2.05, 4.69) is 19.6 Å². The Morgan fingerprint density at radius 3 is 2.92 bits per heavy atom. The first-order valence-electron chi connectivity index (χ1n) is 9.04. The largest absolute Gasteiger partial charge is 0.509 e. The average Bonchev–Trinajstić information content (AvgIpc) is 3.02. The SMILES string of the molecule is CC1=CC[C@]2(C(=O)c3cccn3COCC[Si](C)(C)C)C[C@H]1OC(=O)O2. The zero-order valence-corrected chi connectivity index (χ0v) is 16.9. The minimum absolute atomic E-state index is 0.193. The van der Waals surface area contributed by atoms with Crippen LogP contribution >= 0.6 is 0 Å². The maximum atomic E-state index is 13.2. The Labute approximate surface area is 155 Å². The summed E-state index contributed by atoms with van der Waals surface area (Å²) in [6.07, 6.45) is 3.33. The highest BCUT2D eigenvalue weighted by molar-refractivity contribution is 6.76. The van der Waals surface area contributed by atoms with Gasteiger partial charge < -0.3 is 18.8 Å². The molecule has 2 atom stereocenters. The van der Waals surface area contributed by atoms with E-state index in [-0.39, 0.29) is 11.9 Å². The molecule has 2 aliphatic rings. The van der Waals surface area contributed by atoms with Gasteiger partial charge in [-0.3, -0.25) is 4.79 Å². The number of carbonyl (C=O) groups excluding carboxylic acids is 2. The molecule has 2 heterocycles. The smallest absolute Gasteiger partial charge is 0.426 e. The number of hydrogen-bond acceptors (Lipinski definition) is 5. The summed E-state index contributed by atoms with van der Waals surface area (Å²) in [5, 5.41) is 0. The van der Waals surface area contributed by atoms with Gasteiger partial charge in [-0.05, 0) is 30.7 Å². The summed E-state index contributed by atoms with van der Waals surface area (Å²) in [6, 6.07) is 4.64. The standard InChI is InChI=1S/C19H27NO5Si/c1-14-7-8-19(12-16(14)24-18(22)25-19)17(21)15-6-5-9-20(15)13-23-10-11-26(2,3)4/h5-7,9,16H,8,10-13H2,1-4H3/t16-,19-/m1/s1. The Balaban J connectivity index is 1.73. The van der Waals surface area contributed by atoms with Crippen LogP contribution in [0.4, 0.5) is 4.79 Å². The molecule has 1 fully saturated rings. The molecular weight excluding hydrogens is 350 g/mol. The van der Waals surface area contributed by atoms with Crippen molar-refractivity contribution >= 4 is 20.0 Å². The van der Waals surface area contributed by atoms with Crippen molar-refractivity contribution < 1.29 is 23.8 Å². The number of fused-ring (bicyclic) bond motifs is 2. The molecule has 0 spiro atoms. The molecule has 142 valence electrons. The van der Waals surface area contributed by atoms with E-state index in [0.29, 0.717) is 31.9 Å². The van der Waals surface area contributed by atoms with Crippen molar-refractivity contribution in [2.45, 2.75) is 63.9 Å². The lowest BCUT2D eigenvalue weighted by Crippen LogP contribution is -2.53. The molecule has 2 bridgehead atoms. The summed E-state index contributed by atoms with van der Waals surface area (Å²) in [5.74, 6) is -0.193. The van der Waals surface area contributed by atoms with Gasteiger partial charge in [-0.1, -0.05) is 25.7 Å². The van der Waals surface area contributed by atoms with Gasteiger partial charge in [0.1, 0.15) is 12.8 Å². The topological polar surface area (TPSA) is 66.8 Å². The predicted octanol–water partition coefficient (Wildman–Crippen LogP) is 4.00. The molecule has 0 N–H and O–H groups in total. The third-order valence-electron chi connectivity index (χ3n) is 5.00. The van der Waals surface area contributed by atoms with E-state index in [1.165, 1.54) is 0 Å². The second-order valence-corrected chi connectivity index (χ2v) is 14.0. The minimum Gasteiger partial charge on any atom is -0.426 e. The second-order valence-electron chi connectivity index (χ2n) is 8.35. The van der Waals surface area contributed by atoms with Crippen LogP contribution in [-0.2, 0) is 20.9 Å². The molecular formula is C19H27NO5Si. The van der Waals surface area contributed by atoms with Crippen molar-refractivity contribution in [2.75, 3.05) is 6.61 Å². The van der Waals surface area contributed by atoms with Crippen molar-refractivity contribution in [3.63, 3.8) is 0 Å². The first kappa shape index (κ1) is 18.9. The summed E-state index contributed by atoms with van der Waals surface area (Å²) < 4.78 is 18.2. The van der Waals surface area contributed by atoms with E-state index in [1.807, 2.05) is 25.3 Å². The van der Waals surface area contributed by atoms with Gasteiger partial charge >= 0.3 is 6.16 Å². The molecule has 1 aromatic rings. The molecule has 26 heavy (non-hydrogen) atoms. The predicted molar refractivity (Wildman–Crippen MR) is 99.9 cm³/mol. The van der Waals surface area contributed by atoms with Gasteiger partial charge in [0.05, 0.1) is 5.69 Å². The fourth-order valence-electron chi connectivity index (χ4n) is 3.26. The Kier molecular flexibility index (Phi) is 5.12. The lowest BCUT2D eigenvalue weighted by atomic mass is 9.79. The quantitative estimate of drug-likeness (QED) is 0.236. The third kappa shape index (κ3) is 3.93. The second kappa shape index (κ2) is 7.04. The van der Waals surface area contributed by atoms with Crippen LogP contribution in [-0.4, -0.2) is 42.9 Å². The number of aromatic nitrogens is 1. The van der Waals surface area contributed by atoms with E-state index < -0.39 is 19.8 Å². The van der Waals surface area contributed by atoms with Crippen molar-refractivity contribution in [3.05, 3.63) is 35.7 Å². The molecule has 3 rings (SSSR count). The van der Waals surface area contributed by atoms with Gasteiger partial charge in [0, 0.05) is 33.7 Å². The Morgan fingerprint density at radius 1 is 1.42 bits per heavy atom. The molecule has 1 aliphatic heterocycles. The molecule has 0 amide bonds. The molecule has 1 aliphatic carbocycles. The van der Waals surface area contributed by atoms with Crippen molar-refractivity contribution in [1.82, 2.24) is 4.57 Å². The number of hydrogen-bond donors (Lipinski definition) is 0. The molecule has 6 nitrogen and oxygen atoms in total. The highest BCUT2D eigenvalue weighted by atomic mass is 28.3. The maximum absolute atomic E-state index is 13.2. The van der Waals surface area contributed by atoms with Crippen LogP contribution in [0.3, 0.4) is 0 Å². The van der Waals surface area contributed by atoms with Crippen molar-refractivity contribution in [2.24, 2.45) is 0 Å². The Morgan fingerprint density at radius 2 is 2.19 bits per heavy atom. The number of rotatable bonds is 7. The summed E-state index contributed by atoms with van der Waals surface area (Å²) >= 11 is 0. The fraction of sp³-hybridized carbons (Fsp3) is 0.579. The minimum atomic E-state index is -1.17. The molecule has 0 aromatic carbocycles. The summed E-state index contributed by atoms with van der Waals surface area (Å²) in [4.78, 5) is 25.1. The molecule has 1 saturated heterocycles. The van der Waals surface area contributed by atoms with Gasteiger partial charge in [-0.25, -0.2) is 4.79 Å². The van der Waals surface area contributed by atoms with E-state index in [4.69, 9.17) is 14.2 Å². The number of carbonyl (C=O) groups is 2. The highest BCUT2D eigenvalue weighted by Gasteiger charge is 2.51. The van der Waals surface area contributed by atoms with Gasteiger partial charge in [0.15, 0.2) is 5.60 Å². The monoisotopic (exact) mass is 377 g/mol. The normalized spacial score (nSPS) is 25.3. The van der Waals surface area contributed by atoms with Crippen LogP contribution in [0.1, 0.15) is 30.3 Å². The van der Waals surface area contributed by atoms with E-state index in [1.54, 1.807) is 10.6 Å². The van der Waals surface area contributed by atoms with E-state index in [9.17, 15) is 9.59 Å². The Bertz CT molecular complexity index is 733. The van der Waals surface area contributed by atoms with Gasteiger partial charge in [0.25, 0.3) is 0 Å². The number of ketones is 1. The van der Waals surface area contributed by atoms with E-state index in [0.717, 1.165) is 11.6 Å². The van der Waals surface area contributed by atoms with Gasteiger partial charge in [-0.15, -0.1) is 0 Å². The number of nitrogens with zero attached hydrogens (tertiary/aromatic N) is 1. The number of Topliss-reactive ketones (excluding diaryl/α,β-unsaturated/α-hetero) is 1. The molecule has 7 heteroatoms.